The van der Waals surface area contributed by atoms with E-state index in [1.165, 1.54) is 0 Å². The van der Waals surface area contributed by atoms with Crippen LogP contribution in [-0.4, -0.2) is 22.3 Å². The second-order valence-electron chi connectivity index (χ2n) is 3.66. The van der Waals surface area contributed by atoms with Gasteiger partial charge in [-0.25, -0.2) is 0 Å². The molecule has 0 atom stereocenters. The first-order chi connectivity index (χ1) is 6.08. The van der Waals surface area contributed by atoms with Gasteiger partial charge < -0.3 is 9.84 Å². The fraction of sp³-hybridized carbons (Fsp3) is 0.500. The largest absolute Gasteiger partial charge is 0.388 e. The Hall–Kier alpha value is -0.930. The lowest BCUT2D eigenvalue weighted by molar-refractivity contribution is -0.0269. The van der Waals surface area contributed by atoms with Gasteiger partial charge in [0.2, 0.25) is 0 Å². The maximum Gasteiger partial charge on any atom is 0.0824 e. The molecule has 0 bridgehead atoms. The van der Waals surface area contributed by atoms with Crippen LogP contribution in [0.25, 0.3) is 0 Å². The van der Waals surface area contributed by atoms with Crippen molar-refractivity contribution in [1.82, 2.24) is 4.98 Å². The fourth-order valence-corrected chi connectivity index (χ4v) is 0.898. The van der Waals surface area contributed by atoms with Gasteiger partial charge in [0.1, 0.15) is 0 Å². The SMILES string of the molecule is CC(C)(O)COCc1ccncc1. The summed E-state index contributed by atoms with van der Waals surface area (Å²) in [6.07, 6.45) is 3.45. The van der Waals surface area contributed by atoms with Crippen LogP contribution in [0, 0.1) is 0 Å². The second-order valence-corrected chi connectivity index (χ2v) is 3.66. The summed E-state index contributed by atoms with van der Waals surface area (Å²) < 4.78 is 5.31. The molecule has 0 aromatic carbocycles. The van der Waals surface area contributed by atoms with Gasteiger partial charge in [-0.05, 0) is 31.5 Å². The van der Waals surface area contributed by atoms with Crippen molar-refractivity contribution in [3.8, 4) is 0 Å². The first kappa shape index (κ1) is 10.2. The highest BCUT2D eigenvalue weighted by molar-refractivity contribution is 5.07. The van der Waals surface area contributed by atoms with E-state index in [9.17, 15) is 5.11 Å². The molecule has 0 saturated carbocycles. The highest BCUT2D eigenvalue weighted by atomic mass is 16.5. The van der Waals surface area contributed by atoms with Crippen molar-refractivity contribution in [3.05, 3.63) is 30.1 Å². The molecule has 1 rings (SSSR count). The zero-order chi connectivity index (χ0) is 9.73. The zero-order valence-electron chi connectivity index (χ0n) is 8.03. The van der Waals surface area contributed by atoms with Crippen molar-refractivity contribution in [2.45, 2.75) is 26.1 Å². The van der Waals surface area contributed by atoms with Crippen molar-refractivity contribution in [2.24, 2.45) is 0 Å². The number of hydrogen-bond donors (Lipinski definition) is 1. The molecule has 0 aliphatic heterocycles. The third-order valence-electron chi connectivity index (χ3n) is 1.47. The Morgan fingerprint density at radius 3 is 2.54 bits per heavy atom. The Labute approximate surface area is 78.4 Å². The normalized spacial score (nSPS) is 11.6. The first-order valence-corrected chi connectivity index (χ1v) is 4.27. The minimum absolute atomic E-state index is 0.343. The molecule has 0 saturated heterocycles. The molecular weight excluding hydrogens is 166 g/mol. The molecule has 1 aromatic heterocycles. The standard InChI is InChI=1S/C10H15NO2/c1-10(2,12)8-13-7-9-3-5-11-6-4-9/h3-6,12H,7-8H2,1-2H3. The average Bonchev–Trinajstić information content (AvgIpc) is 2.04. The molecule has 0 unspecified atom stereocenters. The third kappa shape index (κ3) is 4.60. The van der Waals surface area contributed by atoms with E-state index in [1.54, 1.807) is 26.2 Å². The Bertz CT molecular complexity index is 241. The zero-order valence-corrected chi connectivity index (χ0v) is 8.03. The minimum Gasteiger partial charge on any atom is -0.388 e. The Kier molecular flexibility index (Phi) is 3.39. The van der Waals surface area contributed by atoms with Gasteiger partial charge in [-0.2, -0.15) is 0 Å². The van der Waals surface area contributed by atoms with E-state index in [-0.39, 0.29) is 0 Å². The van der Waals surface area contributed by atoms with E-state index < -0.39 is 5.60 Å². The van der Waals surface area contributed by atoms with E-state index in [0.717, 1.165) is 5.56 Å². The van der Waals surface area contributed by atoms with Crippen LogP contribution in [0.2, 0.25) is 0 Å². The van der Waals surface area contributed by atoms with Gasteiger partial charge >= 0.3 is 0 Å². The highest BCUT2D eigenvalue weighted by Crippen LogP contribution is 2.04. The molecule has 1 aromatic rings. The molecule has 0 spiro atoms. The van der Waals surface area contributed by atoms with Gasteiger partial charge in [-0.3, -0.25) is 4.98 Å². The summed E-state index contributed by atoms with van der Waals surface area (Å²) in [7, 11) is 0. The number of hydrogen-bond acceptors (Lipinski definition) is 3. The van der Waals surface area contributed by atoms with Crippen LogP contribution in [0.4, 0.5) is 0 Å². The number of nitrogens with zero attached hydrogens (tertiary/aromatic N) is 1. The molecule has 0 aliphatic rings. The highest BCUT2D eigenvalue weighted by Gasteiger charge is 2.11. The number of aliphatic hydroxyl groups is 1. The molecule has 72 valence electrons. The van der Waals surface area contributed by atoms with Crippen LogP contribution in [0.1, 0.15) is 19.4 Å². The summed E-state index contributed by atoms with van der Waals surface area (Å²) in [6.45, 7) is 4.31. The van der Waals surface area contributed by atoms with Crippen molar-refractivity contribution in [2.75, 3.05) is 6.61 Å². The van der Waals surface area contributed by atoms with Crippen molar-refractivity contribution in [1.29, 1.82) is 0 Å². The quantitative estimate of drug-likeness (QED) is 0.762. The van der Waals surface area contributed by atoms with E-state index in [2.05, 4.69) is 4.98 Å². The Morgan fingerprint density at radius 2 is 2.00 bits per heavy atom. The third-order valence-corrected chi connectivity index (χ3v) is 1.47. The molecule has 13 heavy (non-hydrogen) atoms. The topological polar surface area (TPSA) is 42.4 Å². The lowest BCUT2D eigenvalue weighted by Gasteiger charge is -2.16. The average molecular weight is 181 g/mol. The summed E-state index contributed by atoms with van der Waals surface area (Å²) in [5.41, 5.74) is 0.312. The fourth-order valence-electron chi connectivity index (χ4n) is 0.898. The Morgan fingerprint density at radius 1 is 1.38 bits per heavy atom. The van der Waals surface area contributed by atoms with Gasteiger partial charge in [0.25, 0.3) is 0 Å². The molecule has 0 aliphatic carbocycles. The van der Waals surface area contributed by atoms with Crippen molar-refractivity contribution in [3.63, 3.8) is 0 Å². The van der Waals surface area contributed by atoms with Crippen LogP contribution in [0.3, 0.4) is 0 Å². The maximum absolute atomic E-state index is 9.36. The molecule has 3 heteroatoms. The summed E-state index contributed by atoms with van der Waals surface area (Å²) in [6, 6.07) is 3.79. The number of pyridine rings is 1. The molecule has 0 radical (unpaired) electrons. The first-order valence-electron chi connectivity index (χ1n) is 4.27. The van der Waals surface area contributed by atoms with Crippen LogP contribution in [0.15, 0.2) is 24.5 Å². The lowest BCUT2D eigenvalue weighted by Crippen LogP contribution is -2.25. The predicted octanol–water partition coefficient (Wildman–Crippen LogP) is 1.37. The number of aromatic nitrogens is 1. The van der Waals surface area contributed by atoms with Crippen LogP contribution in [0.5, 0.6) is 0 Å². The van der Waals surface area contributed by atoms with E-state index >= 15 is 0 Å². The van der Waals surface area contributed by atoms with E-state index in [0.29, 0.717) is 13.2 Å². The lowest BCUT2D eigenvalue weighted by atomic mass is 10.2. The van der Waals surface area contributed by atoms with E-state index in [4.69, 9.17) is 4.74 Å². The molecule has 1 N–H and O–H groups in total. The predicted molar refractivity (Wildman–Crippen MR) is 50.2 cm³/mol. The maximum atomic E-state index is 9.36. The molecule has 3 nitrogen and oxygen atoms in total. The smallest absolute Gasteiger partial charge is 0.0824 e. The van der Waals surface area contributed by atoms with Crippen molar-refractivity contribution >= 4 is 0 Å². The summed E-state index contributed by atoms with van der Waals surface area (Å²) in [5.74, 6) is 0. The molecule has 1 heterocycles. The summed E-state index contributed by atoms with van der Waals surface area (Å²) in [5, 5.41) is 9.36. The van der Waals surface area contributed by atoms with Crippen LogP contribution in [-0.2, 0) is 11.3 Å². The van der Waals surface area contributed by atoms with Gasteiger partial charge in [0.15, 0.2) is 0 Å². The van der Waals surface area contributed by atoms with Gasteiger partial charge in [0.05, 0.1) is 18.8 Å². The molecular formula is C10H15NO2. The molecule has 0 amide bonds. The summed E-state index contributed by atoms with van der Waals surface area (Å²) in [4.78, 5) is 3.90. The van der Waals surface area contributed by atoms with Crippen molar-refractivity contribution < 1.29 is 9.84 Å². The van der Waals surface area contributed by atoms with Gasteiger partial charge in [-0.15, -0.1) is 0 Å². The summed E-state index contributed by atoms with van der Waals surface area (Å²) >= 11 is 0. The number of ether oxygens (including phenoxy) is 1. The number of rotatable bonds is 4. The molecule has 0 fully saturated rings. The van der Waals surface area contributed by atoms with E-state index in [1.807, 2.05) is 12.1 Å². The minimum atomic E-state index is -0.757. The monoisotopic (exact) mass is 181 g/mol. The Balaban J connectivity index is 2.29. The van der Waals surface area contributed by atoms with Gasteiger partial charge in [0, 0.05) is 12.4 Å². The van der Waals surface area contributed by atoms with Crippen LogP contribution >= 0.6 is 0 Å². The van der Waals surface area contributed by atoms with Crippen LogP contribution < -0.4 is 0 Å². The van der Waals surface area contributed by atoms with Gasteiger partial charge in [-0.1, -0.05) is 0 Å². The second kappa shape index (κ2) is 4.35.